The quantitative estimate of drug-likeness (QED) is 0.862. The van der Waals surface area contributed by atoms with Gasteiger partial charge in [0.15, 0.2) is 0 Å². The van der Waals surface area contributed by atoms with Crippen LogP contribution in [0.1, 0.15) is 17.2 Å². The predicted octanol–water partition coefficient (Wildman–Crippen LogP) is 2.52. The van der Waals surface area contributed by atoms with E-state index in [9.17, 15) is 9.18 Å². The lowest BCUT2D eigenvalue weighted by atomic mass is 10.1. The van der Waals surface area contributed by atoms with Crippen LogP contribution in [0.5, 0.6) is 5.75 Å². The maximum atomic E-state index is 13.4. The van der Waals surface area contributed by atoms with Crippen molar-refractivity contribution in [3.8, 4) is 5.75 Å². The summed E-state index contributed by atoms with van der Waals surface area (Å²) in [6.45, 7) is 2.51. The SMILES string of the molecule is COc1cccc(CNC(=O)CN2CCOC(c3cccc(F)c3)C2)c1. The van der Waals surface area contributed by atoms with Gasteiger partial charge in [0.05, 0.1) is 26.4 Å². The summed E-state index contributed by atoms with van der Waals surface area (Å²) >= 11 is 0. The molecule has 0 aliphatic carbocycles. The van der Waals surface area contributed by atoms with Crippen molar-refractivity contribution in [2.24, 2.45) is 0 Å². The minimum absolute atomic E-state index is 0.0484. The number of rotatable bonds is 6. The van der Waals surface area contributed by atoms with Crippen LogP contribution in [-0.2, 0) is 16.1 Å². The number of ether oxygens (including phenoxy) is 2. The molecule has 1 heterocycles. The van der Waals surface area contributed by atoms with Crippen LogP contribution in [0.4, 0.5) is 4.39 Å². The molecule has 6 heteroatoms. The third-order valence-corrected chi connectivity index (χ3v) is 4.36. The second-order valence-corrected chi connectivity index (χ2v) is 6.28. The van der Waals surface area contributed by atoms with Gasteiger partial charge in [-0.2, -0.15) is 0 Å². The van der Waals surface area contributed by atoms with Crippen molar-refractivity contribution in [3.05, 3.63) is 65.5 Å². The lowest BCUT2D eigenvalue weighted by Gasteiger charge is -2.32. The van der Waals surface area contributed by atoms with Crippen molar-refractivity contribution in [2.45, 2.75) is 12.6 Å². The Morgan fingerprint density at radius 3 is 2.96 bits per heavy atom. The van der Waals surface area contributed by atoms with Crippen LogP contribution in [-0.4, -0.2) is 44.2 Å². The zero-order chi connectivity index (χ0) is 18.4. The van der Waals surface area contributed by atoms with Crippen LogP contribution in [0.25, 0.3) is 0 Å². The molecule has 1 fully saturated rings. The van der Waals surface area contributed by atoms with Gasteiger partial charge in [-0.05, 0) is 35.4 Å². The number of hydrogen-bond donors (Lipinski definition) is 1. The Morgan fingerprint density at radius 2 is 2.15 bits per heavy atom. The molecule has 1 atom stereocenters. The third-order valence-electron chi connectivity index (χ3n) is 4.36. The van der Waals surface area contributed by atoms with Crippen LogP contribution in [0, 0.1) is 5.82 Å². The number of nitrogens with zero attached hydrogens (tertiary/aromatic N) is 1. The molecule has 1 aliphatic heterocycles. The largest absolute Gasteiger partial charge is 0.497 e. The van der Waals surface area contributed by atoms with E-state index in [4.69, 9.17) is 9.47 Å². The van der Waals surface area contributed by atoms with Crippen molar-refractivity contribution < 1.29 is 18.7 Å². The van der Waals surface area contributed by atoms with Gasteiger partial charge >= 0.3 is 0 Å². The molecule has 1 aliphatic rings. The Balaban J connectivity index is 1.50. The molecule has 3 rings (SSSR count). The van der Waals surface area contributed by atoms with E-state index >= 15 is 0 Å². The predicted molar refractivity (Wildman–Crippen MR) is 96.4 cm³/mol. The average Bonchev–Trinajstić information content (AvgIpc) is 2.67. The van der Waals surface area contributed by atoms with Gasteiger partial charge in [-0.25, -0.2) is 4.39 Å². The average molecular weight is 358 g/mol. The zero-order valence-electron chi connectivity index (χ0n) is 14.8. The maximum Gasteiger partial charge on any atom is 0.234 e. The summed E-state index contributed by atoms with van der Waals surface area (Å²) in [5.41, 5.74) is 1.78. The van der Waals surface area contributed by atoms with Crippen LogP contribution in [0.15, 0.2) is 48.5 Å². The molecule has 138 valence electrons. The van der Waals surface area contributed by atoms with E-state index in [1.165, 1.54) is 12.1 Å². The standard InChI is InChI=1S/C20H23FN2O3/c1-25-18-7-2-4-15(10-18)12-22-20(24)14-23-8-9-26-19(13-23)16-5-3-6-17(21)11-16/h2-7,10-11,19H,8-9,12-14H2,1H3,(H,22,24). The Bertz CT molecular complexity index is 753. The molecular weight excluding hydrogens is 335 g/mol. The van der Waals surface area contributed by atoms with Crippen LogP contribution in [0.2, 0.25) is 0 Å². The number of methoxy groups -OCH3 is 1. The first-order valence-electron chi connectivity index (χ1n) is 8.63. The first-order chi connectivity index (χ1) is 12.6. The Morgan fingerprint density at radius 1 is 1.31 bits per heavy atom. The first kappa shape index (κ1) is 18.4. The monoisotopic (exact) mass is 358 g/mol. The van der Waals surface area contributed by atoms with E-state index in [0.717, 1.165) is 16.9 Å². The van der Waals surface area contributed by atoms with Crippen LogP contribution in [0.3, 0.4) is 0 Å². The fourth-order valence-corrected chi connectivity index (χ4v) is 3.00. The van der Waals surface area contributed by atoms with E-state index in [1.807, 2.05) is 35.2 Å². The second kappa shape index (κ2) is 8.78. The summed E-state index contributed by atoms with van der Waals surface area (Å²) in [6, 6.07) is 14.0. The normalized spacial score (nSPS) is 17.7. The number of benzene rings is 2. The van der Waals surface area contributed by atoms with Gasteiger partial charge in [0.25, 0.3) is 0 Å². The van der Waals surface area contributed by atoms with Gasteiger partial charge in [-0.1, -0.05) is 24.3 Å². The number of carbonyl (C=O) groups excluding carboxylic acids is 1. The van der Waals surface area contributed by atoms with Crippen molar-refractivity contribution >= 4 is 5.91 Å². The number of hydrogen-bond acceptors (Lipinski definition) is 4. The Hall–Kier alpha value is -2.44. The molecule has 1 N–H and O–H groups in total. The van der Waals surface area contributed by atoms with Gasteiger partial charge in [-0.15, -0.1) is 0 Å². The number of amides is 1. The van der Waals surface area contributed by atoms with Gasteiger partial charge in [0.2, 0.25) is 5.91 Å². The number of morpholine rings is 1. The topological polar surface area (TPSA) is 50.8 Å². The van der Waals surface area contributed by atoms with Gasteiger partial charge < -0.3 is 14.8 Å². The highest BCUT2D eigenvalue weighted by atomic mass is 19.1. The molecule has 1 unspecified atom stereocenters. The fraction of sp³-hybridized carbons (Fsp3) is 0.350. The molecule has 0 saturated carbocycles. The second-order valence-electron chi connectivity index (χ2n) is 6.28. The van der Waals surface area contributed by atoms with Crippen molar-refractivity contribution in [1.29, 1.82) is 0 Å². The third kappa shape index (κ3) is 5.03. The maximum absolute atomic E-state index is 13.4. The molecule has 26 heavy (non-hydrogen) atoms. The Kier molecular flexibility index (Phi) is 6.20. The molecule has 2 aromatic carbocycles. The highest BCUT2D eigenvalue weighted by molar-refractivity contribution is 5.78. The molecule has 5 nitrogen and oxygen atoms in total. The molecule has 0 aromatic heterocycles. The van der Waals surface area contributed by atoms with E-state index in [0.29, 0.717) is 32.8 Å². The first-order valence-corrected chi connectivity index (χ1v) is 8.63. The number of halogens is 1. The highest BCUT2D eigenvalue weighted by Gasteiger charge is 2.23. The molecule has 0 spiro atoms. The summed E-state index contributed by atoms with van der Waals surface area (Å²) in [7, 11) is 1.62. The van der Waals surface area contributed by atoms with Gasteiger partial charge in [0.1, 0.15) is 11.6 Å². The lowest BCUT2D eigenvalue weighted by molar-refractivity contribution is -0.124. The molecule has 1 saturated heterocycles. The van der Waals surface area contributed by atoms with E-state index in [2.05, 4.69) is 5.32 Å². The van der Waals surface area contributed by atoms with Crippen LogP contribution < -0.4 is 10.1 Å². The fourth-order valence-electron chi connectivity index (χ4n) is 3.00. The molecule has 2 aromatic rings. The van der Waals surface area contributed by atoms with Crippen LogP contribution >= 0.6 is 0 Å². The Labute approximate surface area is 152 Å². The van der Waals surface area contributed by atoms with Gasteiger partial charge in [0, 0.05) is 19.6 Å². The lowest BCUT2D eigenvalue weighted by Crippen LogP contribution is -2.44. The number of nitrogens with one attached hydrogen (secondary N) is 1. The molecular formula is C20H23FN2O3. The smallest absolute Gasteiger partial charge is 0.234 e. The van der Waals surface area contributed by atoms with E-state index < -0.39 is 0 Å². The van der Waals surface area contributed by atoms with E-state index in [-0.39, 0.29) is 17.8 Å². The minimum atomic E-state index is -0.278. The summed E-state index contributed by atoms with van der Waals surface area (Å²) in [4.78, 5) is 14.3. The van der Waals surface area contributed by atoms with Crippen molar-refractivity contribution in [1.82, 2.24) is 10.2 Å². The highest BCUT2D eigenvalue weighted by Crippen LogP contribution is 2.22. The van der Waals surface area contributed by atoms with Gasteiger partial charge in [-0.3, -0.25) is 9.69 Å². The summed E-state index contributed by atoms with van der Waals surface area (Å²) in [5, 5.41) is 2.92. The molecule has 0 radical (unpaired) electrons. The molecule has 1 amide bonds. The zero-order valence-corrected chi connectivity index (χ0v) is 14.8. The van der Waals surface area contributed by atoms with Crippen molar-refractivity contribution in [3.63, 3.8) is 0 Å². The molecule has 0 bridgehead atoms. The summed E-state index contributed by atoms with van der Waals surface area (Å²) in [6.07, 6.45) is -0.217. The van der Waals surface area contributed by atoms with Crippen molar-refractivity contribution in [2.75, 3.05) is 33.4 Å². The minimum Gasteiger partial charge on any atom is -0.497 e. The summed E-state index contributed by atoms with van der Waals surface area (Å²) < 4.78 is 24.3. The van der Waals surface area contributed by atoms with E-state index in [1.54, 1.807) is 13.2 Å². The summed E-state index contributed by atoms with van der Waals surface area (Å²) in [5.74, 6) is 0.440. The number of carbonyl (C=O) groups is 1.